The summed E-state index contributed by atoms with van der Waals surface area (Å²) in [5.74, 6) is 1.49. The Labute approximate surface area is 123 Å². The van der Waals surface area contributed by atoms with Gasteiger partial charge in [0.15, 0.2) is 0 Å². The van der Waals surface area contributed by atoms with Crippen molar-refractivity contribution in [2.45, 2.75) is 6.54 Å². The summed E-state index contributed by atoms with van der Waals surface area (Å²) < 4.78 is 7.65. The summed E-state index contributed by atoms with van der Waals surface area (Å²) in [7, 11) is 1.92. The summed E-state index contributed by atoms with van der Waals surface area (Å²) in [5.41, 5.74) is 1.19. The standard InChI is InChI=1S/C13H12Br2N2O/c1-16-6-9-2-3-11(5-13(9)15)18-12-4-10(14)7-17-8-12/h2-5,7-8,16H,6H2,1H3. The van der Waals surface area contributed by atoms with Crippen LogP contribution in [0.15, 0.2) is 45.6 Å². The normalized spacial score (nSPS) is 10.4. The first-order chi connectivity index (χ1) is 8.69. The highest BCUT2D eigenvalue weighted by atomic mass is 79.9. The third-order valence-electron chi connectivity index (χ3n) is 2.31. The van der Waals surface area contributed by atoms with Crippen molar-refractivity contribution < 1.29 is 4.74 Å². The van der Waals surface area contributed by atoms with Crippen molar-refractivity contribution in [1.29, 1.82) is 0 Å². The van der Waals surface area contributed by atoms with Gasteiger partial charge < -0.3 is 10.1 Å². The van der Waals surface area contributed by atoms with Crippen molar-refractivity contribution in [2.24, 2.45) is 0 Å². The number of nitrogens with zero attached hydrogens (tertiary/aromatic N) is 1. The summed E-state index contributed by atoms with van der Waals surface area (Å²) in [4.78, 5) is 4.06. The molecule has 2 rings (SSSR count). The van der Waals surface area contributed by atoms with E-state index in [2.05, 4.69) is 42.2 Å². The molecule has 0 atom stereocenters. The Morgan fingerprint density at radius 2 is 2.00 bits per heavy atom. The summed E-state index contributed by atoms with van der Waals surface area (Å²) >= 11 is 6.89. The van der Waals surface area contributed by atoms with Gasteiger partial charge in [-0.1, -0.05) is 22.0 Å². The first-order valence-corrected chi connectivity index (χ1v) is 6.99. The average molecular weight is 372 g/mol. The zero-order chi connectivity index (χ0) is 13.0. The van der Waals surface area contributed by atoms with E-state index in [1.807, 2.05) is 31.3 Å². The molecule has 0 saturated heterocycles. The van der Waals surface area contributed by atoms with Gasteiger partial charge in [0.1, 0.15) is 11.5 Å². The van der Waals surface area contributed by atoms with Crippen LogP contribution >= 0.6 is 31.9 Å². The van der Waals surface area contributed by atoms with E-state index in [1.165, 1.54) is 5.56 Å². The first kappa shape index (κ1) is 13.5. The lowest BCUT2D eigenvalue weighted by molar-refractivity contribution is 0.479. The summed E-state index contributed by atoms with van der Waals surface area (Å²) in [5, 5.41) is 3.11. The van der Waals surface area contributed by atoms with Gasteiger partial charge in [-0.25, -0.2) is 0 Å². The highest BCUT2D eigenvalue weighted by Gasteiger charge is 2.03. The smallest absolute Gasteiger partial charge is 0.146 e. The van der Waals surface area contributed by atoms with Crippen LogP contribution in [0.1, 0.15) is 5.56 Å². The molecule has 0 spiro atoms. The van der Waals surface area contributed by atoms with E-state index in [9.17, 15) is 0 Å². The molecule has 0 aliphatic heterocycles. The Kier molecular flexibility index (Phi) is 4.74. The summed E-state index contributed by atoms with van der Waals surface area (Å²) in [6.07, 6.45) is 3.40. The van der Waals surface area contributed by atoms with Crippen molar-refractivity contribution in [3.05, 3.63) is 51.2 Å². The molecule has 0 unspecified atom stereocenters. The van der Waals surface area contributed by atoms with Crippen molar-refractivity contribution in [3.8, 4) is 11.5 Å². The Bertz CT molecular complexity index is 546. The molecule has 0 amide bonds. The average Bonchev–Trinajstić information content (AvgIpc) is 2.33. The molecule has 2 aromatic rings. The minimum Gasteiger partial charge on any atom is -0.456 e. The van der Waals surface area contributed by atoms with Crippen molar-refractivity contribution >= 4 is 31.9 Å². The van der Waals surface area contributed by atoms with Crippen LogP contribution < -0.4 is 10.1 Å². The molecule has 1 N–H and O–H groups in total. The van der Waals surface area contributed by atoms with Crippen LogP contribution in [0, 0.1) is 0 Å². The number of nitrogens with one attached hydrogen (secondary N) is 1. The number of benzene rings is 1. The van der Waals surface area contributed by atoms with Crippen LogP contribution in [0.4, 0.5) is 0 Å². The van der Waals surface area contributed by atoms with Gasteiger partial charge in [0.2, 0.25) is 0 Å². The van der Waals surface area contributed by atoms with Gasteiger partial charge in [0.05, 0.1) is 6.20 Å². The van der Waals surface area contributed by atoms with Crippen LogP contribution in [0.3, 0.4) is 0 Å². The molecule has 0 aliphatic rings. The predicted octanol–water partition coefficient (Wildman–Crippen LogP) is 4.12. The van der Waals surface area contributed by atoms with Crippen molar-refractivity contribution in [1.82, 2.24) is 10.3 Å². The fourth-order valence-corrected chi connectivity index (χ4v) is 2.35. The highest BCUT2D eigenvalue weighted by molar-refractivity contribution is 9.10. The second kappa shape index (κ2) is 6.31. The zero-order valence-electron chi connectivity index (χ0n) is 9.78. The van der Waals surface area contributed by atoms with E-state index >= 15 is 0 Å². The molecule has 1 aromatic carbocycles. The van der Waals surface area contributed by atoms with Crippen molar-refractivity contribution in [2.75, 3.05) is 7.05 Å². The Balaban J connectivity index is 2.17. The number of aromatic nitrogens is 1. The SMILES string of the molecule is CNCc1ccc(Oc2cncc(Br)c2)cc1Br. The Morgan fingerprint density at radius 3 is 2.67 bits per heavy atom. The molecule has 0 bridgehead atoms. The second-order valence-electron chi connectivity index (χ2n) is 3.72. The van der Waals surface area contributed by atoms with Gasteiger partial charge in [-0.2, -0.15) is 0 Å². The van der Waals surface area contributed by atoms with Crippen LogP contribution in [0.5, 0.6) is 11.5 Å². The minimum absolute atomic E-state index is 0.706. The third-order valence-corrected chi connectivity index (χ3v) is 3.48. The van der Waals surface area contributed by atoms with E-state index in [-0.39, 0.29) is 0 Å². The molecule has 0 aliphatic carbocycles. The van der Waals surface area contributed by atoms with Gasteiger partial charge in [-0.15, -0.1) is 0 Å². The third kappa shape index (κ3) is 3.54. The lowest BCUT2D eigenvalue weighted by atomic mass is 10.2. The quantitative estimate of drug-likeness (QED) is 0.877. The number of rotatable bonds is 4. The maximum atomic E-state index is 5.73. The van der Waals surface area contributed by atoms with Crippen LogP contribution in [0.25, 0.3) is 0 Å². The zero-order valence-corrected chi connectivity index (χ0v) is 13.0. The molecule has 1 heterocycles. The van der Waals surface area contributed by atoms with Crippen LogP contribution in [0.2, 0.25) is 0 Å². The number of ether oxygens (including phenoxy) is 1. The lowest BCUT2D eigenvalue weighted by Gasteiger charge is -2.08. The molecular formula is C13H12Br2N2O. The number of hydrogen-bond acceptors (Lipinski definition) is 3. The molecule has 0 radical (unpaired) electrons. The lowest BCUT2D eigenvalue weighted by Crippen LogP contribution is -2.05. The van der Waals surface area contributed by atoms with Gasteiger partial charge in [-0.05, 0) is 46.7 Å². The van der Waals surface area contributed by atoms with E-state index in [4.69, 9.17) is 4.74 Å². The number of pyridine rings is 1. The molecule has 18 heavy (non-hydrogen) atoms. The molecule has 0 saturated carbocycles. The van der Waals surface area contributed by atoms with E-state index < -0.39 is 0 Å². The van der Waals surface area contributed by atoms with Crippen molar-refractivity contribution in [3.63, 3.8) is 0 Å². The fourth-order valence-electron chi connectivity index (χ4n) is 1.51. The maximum Gasteiger partial charge on any atom is 0.146 e. The first-order valence-electron chi connectivity index (χ1n) is 5.40. The summed E-state index contributed by atoms with van der Waals surface area (Å²) in [6, 6.07) is 7.80. The summed E-state index contributed by atoms with van der Waals surface area (Å²) in [6.45, 7) is 0.819. The Morgan fingerprint density at radius 1 is 1.17 bits per heavy atom. The van der Waals surface area contributed by atoms with E-state index in [1.54, 1.807) is 12.4 Å². The fraction of sp³-hybridized carbons (Fsp3) is 0.154. The molecule has 94 valence electrons. The monoisotopic (exact) mass is 370 g/mol. The predicted molar refractivity (Wildman–Crippen MR) is 78.9 cm³/mol. The van der Waals surface area contributed by atoms with Gasteiger partial charge in [-0.3, -0.25) is 4.98 Å². The molecule has 5 heteroatoms. The number of hydrogen-bond donors (Lipinski definition) is 1. The van der Waals surface area contributed by atoms with Gasteiger partial charge in [0.25, 0.3) is 0 Å². The Hall–Kier alpha value is -0.910. The molecule has 0 fully saturated rings. The van der Waals surface area contributed by atoms with Crippen LogP contribution in [-0.2, 0) is 6.54 Å². The number of halogens is 2. The molecule has 3 nitrogen and oxygen atoms in total. The molecular weight excluding hydrogens is 360 g/mol. The highest BCUT2D eigenvalue weighted by Crippen LogP contribution is 2.27. The largest absolute Gasteiger partial charge is 0.456 e. The minimum atomic E-state index is 0.706. The molecule has 1 aromatic heterocycles. The van der Waals surface area contributed by atoms with E-state index in [0.29, 0.717) is 5.75 Å². The van der Waals surface area contributed by atoms with Gasteiger partial charge in [0, 0.05) is 21.7 Å². The topological polar surface area (TPSA) is 34.1 Å². The maximum absolute atomic E-state index is 5.73. The second-order valence-corrected chi connectivity index (χ2v) is 5.49. The van der Waals surface area contributed by atoms with Gasteiger partial charge >= 0.3 is 0 Å². The van der Waals surface area contributed by atoms with Crippen LogP contribution in [-0.4, -0.2) is 12.0 Å². The van der Waals surface area contributed by atoms with E-state index in [0.717, 1.165) is 21.2 Å².